The minimum absolute atomic E-state index is 0.0932. The van der Waals surface area contributed by atoms with Crippen LogP contribution >= 0.6 is 0 Å². The van der Waals surface area contributed by atoms with Crippen LogP contribution < -0.4 is 0 Å². The SMILES string of the molecule is COC(OC)C1(C#N)CC(=O)C1. The third-order valence-electron chi connectivity index (χ3n) is 2.13. The fraction of sp³-hybridized carbons (Fsp3) is 0.750. The average molecular weight is 169 g/mol. The lowest BCUT2D eigenvalue weighted by molar-refractivity contribution is -0.185. The second-order valence-corrected chi connectivity index (χ2v) is 2.96. The number of nitrogens with zero attached hydrogens (tertiary/aromatic N) is 1. The highest BCUT2D eigenvalue weighted by Gasteiger charge is 2.51. The van der Waals surface area contributed by atoms with Crippen LogP contribution in [0.3, 0.4) is 0 Å². The van der Waals surface area contributed by atoms with Crippen LogP contribution in [0.2, 0.25) is 0 Å². The van der Waals surface area contributed by atoms with Gasteiger partial charge in [0, 0.05) is 27.1 Å². The Morgan fingerprint density at radius 2 is 2.00 bits per heavy atom. The summed E-state index contributed by atoms with van der Waals surface area (Å²) < 4.78 is 9.90. The lowest BCUT2D eigenvalue weighted by atomic mass is 9.68. The topological polar surface area (TPSA) is 59.3 Å². The van der Waals surface area contributed by atoms with Crippen molar-refractivity contribution >= 4 is 5.78 Å². The molecule has 0 aromatic rings. The summed E-state index contributed by atoms with van der Waals surface area (Å²) in [6.07, 6.45) is -0.0914. The van der Waals surface area contributed by atoms with Crippen molar-refractivity contribution in [1.29, 1.82) is 5.26 Å². The molecule has 1 rings (SSSR count). The molecular weight excluding hydrogens is 158 g/mol. The monoisotopic (exact) mass is 169 g/mol. The molecule has 1 aliphatic carbocycles. The van der Waals surface area contributed by atoms with Crippen LogP contribution in [0.5, 0.6) is 0 Å². The lowest BCUT2D eigenvalue weighted by Gasteiger charge is -2.38. The molecule has 4 heteroatoms. The molecule has 0 amide bonds. The summed E-state index contributed by atoms with van der Waals surface area (Å²) in [5, 5.41) is 8.82. The van der Waals surface area contributed by atoms with E-state index in [9.17, 15) is 4.79 Å². The molecule has 1 fully saturated rings. The van der Waals surface area contributed by atoms with E-state index in [-0.39, 0.29) is 18.6 Å². The molecule has 0 aromatic carbocycles. The van der Waals surface area contributed by atoms with E-state index in [2.05, 4.69) is 6.07 Å². The van der Waals surface area contributed by atoms with Gasteiger partial charge in [0.25, 0.3) is 0 Å². The summed E-state index contributed by atoms with van der Waals surface area (Å²) in [4.78, 5) is 10.7. The number of rotatable bonds is 3. The maximum absolute atomic E-state index is 10.7. The maximum Gasteiger partial charge on any atom is 0.176 e. The highest BCUT2D eigenvalue weighted by molar-refractivity contribution is 5.87. The number of carbonyl (C=O) groups is 1. The van der Waals surface area contributed by atoms with E-state index in [0.717, 1.165) is 0 Å². The second-order valence-electron chi connectivity index (χ2n) is 2.96. The molecule has 1 saturated carbocycles. The molecule has 0 N–H and O–H groups in total. The molecule has 0 heterocycles. The first kappa shape index (κ1) is 9.17. The van der Waals surface area contributed by atoms with E-state index in [4.69, 9.17) is 14.7 Å². The molecule has 0 unspecified atom stereocenters. The zero-order valence-corrected chi connectivity index (χ0v) is 7.16. The van der Waals surface area contributed by atoms with Gasteiger partial charge in [0.05, 0.1) is 6.07 Å². The highest BCUT2D eigenvalue weighted by atomic mass is 16.7. The largest absolute Gasteiger partial charge is 0.354 e. The average Bonchev–Trinajstić information content (AvgIpc) is 2.02. The van der Waals surface area contributed by atoms with Gasteiger partial charge >= 0.3 is 0 Å². The number of carbonyl (C=O) groups excluding carboxylic acids is 1. The Hall–Kier alpha value is -0.920. The van der Waals surface area contributed by atoms with Gasteiger partial charge in [0.2, 0.25) is 0 Å². The minimum Gasteiger partial charge on any atom is -0.354 e. The van der Waals surface area contributed by atoms with Gasteiger partial charge in [0.1, 0.15) is 11.2 Å². The summed E-state index contributed by atoms with van der Waals surface area (Å²) in [5.41, 5.74) is -0.736. The van der Waals surface area contributed by atoms with Gasteiger partial charge in [-0.2, -0.15) is 5.26 Å². The Kier molecular flexibility index (Phi) is 2.46. The first-order valence-corrected chi connectivity index (χ1v) is 3.67. The van der Waals surface area contributed by atoms with Gasteiger partial charge in [-0.3, -0.25) is 4.79 Å². The van der Waals surface area contributed by atoms with E-state index in [1.807, 2.05) is 0 Å². The predicted octanol–water partition coefficient (Wildman–Crippen LogP) is 0.478. The van der Waals surface area contributed by atoms with Crippen LogP contribution in [0.25, 0.3) is 0 Å². The van der Waals surface area contributed by atoms with Crippen LogP contribution in [0.1, 0.15) is 12.8 Å². The van der Waals surface area contributed by atoms with Crippen LogP contribution in [0.4, 0.5) is 0 Å². The Labute approximate surface area is 71.1 Å². The number of Topliss-reactive ketones (excluding diaryl/α,β-unsaturated/α-hetero) is 1. The Bertz CT molecular complexity index is 219. The standard InChI is InChI=1S/C8H11NO3/c1-11-7(12-2)8(5-9)3-6(10)4-8/h7H,3-4H2,1-2H3. The molecule has 0 atom stereocenters. The predicted molar refractivity (Wildman–Crippen MR) is 40.1 cm³/mol. The minimum atomic E-state index is -0.736. The molecule has 66 valence electrons. The van der Waals surface area contributed by atoms with Crippen molar-refractivity contribution in [3.8, 4) is 6.07 Å². The molecule has 1 aliphatic rings. The van der Waals surface area contributed by atoms with Crippen LogP contribution in [0, 0.1) is 16.7 Å². The van der Waals surface area contributed by atoms with Crippen molar-refractivity contribution in [3.05, 3.63) is 0 Å². The number of hydrogen-bond acceptors (Lipinski definition) is 4. The molecule has 0 spiro atoms. The van der Waals surface area contributed by atoms with Crippen molar-refractivity contribution in [2.45, 2.75) is 19.1 Å². The van der Waals surface area contributed by atoms with Gasteiger partial charge < -0.3 is 9.47 Å². The maximum atomic E-state index is 10.7. The highest BCUT2D eigenvalue weighted by Crippen LogP contribution is 2.41. The van der Waals surface area contributed by atoms with Gasteiger partial charge in [0.15, 0.2) is 6.29 Å². The van der Waals surface area contributed by atoms with Crippen molar-refractivity contribution < 1.29 is 14.3 Å². The molecule has 4 nitrogen and oxygen atoms in total. The van der Waals surface area contributed by atoms with Crippen molar-refractivity contribution in [2.24, 2.45) is 5.41 Å². The van der Waals surface area contributed by atoms with Crippen LogP contribution in [0.15, 0.2) is 0 Å². The first-order chi connectivity index (χ1) is 5.68. The number of ether oxygens (including phenoxy) is 2. The molecule has 0 saturated heterocycles. The zero-order chi connectivity index (χ0) is 9.19. The number of nitriles is 1. The van der Waals surface area contributed by atoms with E-state index >= 15 is 0 Å². The molecule has 0 radical (unpaired) electrons. The second kappa shape index (κ2) is 3.21. The quantitative estimate of drug-likeness (QED) is 0.576. The molecule has 0 aliphatic heterocycles. The van der Waals surface area contributed by atoms with E-state index in [1.54, 1.807) is 0 Å². The van der Waals surface area contributed by atoms with Crippen LogP contribution in [-0.4, -0.2) is 26.3 Å². The summed E-state index contributed by atoms with van der Waals surface area (Å²) in [7, 11) is 2.94. The Balaban J connectivity index is 2.69. The van der Waals surface area contributed by atoms with Gasteiger partial charge in [-0.05, 0) is 0 Å². The zero-order valence-electron chi connectivity index (χ0n) is 7.16. The number of ketones is 1. The van der Waals surface area contributed by atoms with E-state index < -0.39 is 11.7 Å². The van der Waals surface area contributed by atoms with Gasteiger partial charge in [-0.15, -0.1) is 0 Å². The molecule has 12 heavy (non-hydrogen) atoms. The van der Waals surface area contributed by atoms with E-state index in [1.165, 1.54) is 14.2 Å². The fourth-order valence-electron chi connectivity index (χ4n) is 1.50. The lowest BCUT2D eigenvalue weighted by Crippen LogP contribution is -2.47. The third kappa shape index (κ3) is 1.22. The normalized spacial score (nSPS) is 20.3. The summed E-state index contributed by atoms with van der Waals surface area (Å²) in [6, 6.07) is 2.08. The number of hydrogen-bond donors (Lipinski definition) is 0. The third-order valence-corrected chi connectivity index (χ3v) is 2.13. The number of methoxy groups -OCH3 is 2. The summed E-state index contributed by atoms with van der Waals surface area (Å²) >= 11 is 0. The van der Waals surface area contributed by atoms with E-state index in [0.29, 0.717) is 0 Å². The van der Waals surface area contributed by atoms with Crippen molar-refractivity contribution in [1.82, 2.24) is 0 Å². The van der Waals surface area contributed by atoms with Crippen LogP contribution in [-0.2, 0) is 14.3 Å². The molecule has 0 bridgehead atoms. The smallest absolute Gasteiger partial charge is 0.176 e. The van der Waals surface area contributed by atoms with Gasteiger partial charge in [-0.1, -0.05) is 0 Å². The van der Waals surface area contributed by atoms with Crippen molar-refractivity contribution in [2.75, 3.05) is 14.2 Å². The Morgan fingerprint density at radius 3 is 2.25 bits per heavy atom. The summed E-state index contributed by atoms with van der Waals surface area (Å²) in [6.45, 7) is 0. The summed E-state index contributed by atoms with van der Waals surface area (Å²) in [5.74, 6) is 0.0932. The fourth-order valence-corrected chi connectivity index (χ4v) is 1.50. The van der Waals surface area contributed by atoms with Crippen molar-refractivity contribution in [3.63, 3.8) is 0 Å². The molecule has 0 aromatic heterocycles. The molecular formula is C8H11NO3. The first-order valence-electron chi connectivity index (χ1n) is 3.67. The Morgan fingerprint density at radius 1 is 1.50 bits per heavy atom. The van der Waals surface area contributed by atoms with Gasteiger partial charge in [-0.25, -0.2) is 0 Å².